The Bertz CT molecular complexity index is 527. The second-order valence-corrected chi connectivity index (χ2v) is 5.47. The predicted molar refractivity (Wildman–Crippen MR) is 79.6 cm³/mol. The average Bonchev–Trinajstić information content (AvgIpc) is 2.45. The minimum atomic E-state index is -0.222. The van der Waals surface area contributed by atoms with Crippen LogP contribution in [0.2, 0.25) is 0 Å². The van der Waals surface area contributed by atoms with Crippen LogP contribution in [-0.2, 0) is 0 Å². The van der Waals surface area contributed by atoms with E-state index < -0.39 is 0 Å². The molecule has 1 fully saturated rings. The molecule has 0 spiro atoms. The molecule has 1 aromatic carbocycles. The Morgan fingerprint density at radius 1 is 1.38 bits per heavy atom. The topological polar surface area (TPSA) is 85.0 Å². The number of amides is 1. The summed E-state index contributed by atoms with van der Waals surface area (Å²) in [6, 6.07) is 3.26. The van der Waals surface area contributed by atoms with Crippen LogP contribution in [0.5, 0.6) is 11.5 Å². The van der Waals surface area contributed by atoms with Gasteiger partial charge in [-0.3, -0.25) is 4.79 Å². The van der Waals surface area contributed by atoms with E-state index in [9.17, 15) is 9.90 Å². The molecule has 0 heterocycles. The SMILES string of the molecule is COc1cc(OC)c(N)c(C(=O)N(C)CC2CC(O)C2)c1. The number of methoxy groups -OCH3 is 2. The quantitative estimate of drug-likeness (QED) is 0.795. The molecule has 0 atom stereocenters. The molecule has 1 saturated carbocycles. The van der Waals surface area contributed by atoms with E-state index in [1.165, 1.54) is 14.2 Å². The van der Waals surface area contributed by atoms with Gasteiger partial charge in [0.2, 0.25) is 0 Å². The second kappa shape index (κ2) is 6.22. The summed E-state index contributed by atoms with van der Waals surface area (Å²) in [4.78, 5) is 14.2. The minimum absolute atomic E-state index is 0.175. The van der Waals surface area contributed by atoms with Crippen molar-refractivity contribution in [3.05, 3.63) is 17.7 Å². The van der Waals surface area contributed by atoms with Gasteiger partial charge in [0, 0.05) is 19.7 Å². The first-order valence-corrected chi connectivity index (χ1v) is 6.91. The van der Waals surface area contributed by atoms with E-state index in [-0.39, 0.29) is 12.0 Å². The summed E-state index contributed by atoms with van der Waals surface area (Å²) in [5.74, 6) is 1.12. The molecular formula is C15H22N2O4. The van der Waals surface area contributed by atoms with Crippen LogP contribution in [0, 0.1) is 5.92 Å². The number of hydrogen-bond donors (Lipinski definition) is 2. The third kappa shape index (κ3) is 3.21. The van der Waals surface area contributed by atoms with Gasteiger partial charge in [-0.15, -0.1) is 0 Å². The number of anilines is 1. The lowest BCUT2D eigenvalue weighted by Gasteiger charge is -2.34. The van der Waals surface area contributed by atoms with E-state index in [0.717, 1.165) is 12.8 Å². The highest BCUT2D eigenvalue weighted by molar-refractivity contribution is 6.00. The molecule has 1 amide bonds. The van der Waals surface area contributed by atoms with Crippen molar-refractivity contribution >= 4 is 11.6 Å². The zero-order valence-electron chi connectivity index (χ0n) is 12.6. The van der Waals surface area contributed by atoms with Crippen LogP contribution in [0.3, 0.4) is 0 Å². The highest BCUT2D eigenvalue weighted by Crippen LogP contribution is 2.33. The highest BCUT2D eigenvalue weighted by atomic mass is 16.5. The van der Waals surface area contributed by atoms with Gasteiger partial charge >= 0.3 is 0 Å². The molecule has 2 rings (SSSR count). The third-order valence-electron chi connectivity index (χ3n) is 3.89. The van der Waals surface area contributed by atoms with Gasteiger partial charge in [0.05, 0.1) is 31.6 Å². The number of nitrogens with two attached hydrogens (primary N) is 1. The van der Waals surface area contributed by atoms with Gasteiger partial charge in [-0.05, 0) is 24.8 Å². The van der Waals surface area contributed by atoms with Crippen molar-refractivity contribution in [1.29, 1.82) is 0 Å². The molecule has 0 radical (unpaired) electrons. The van der Waals surface area contributed by atoms with Gasteiger partial charge in [-0.2, -0.15) is 0 Å². The number of benzene rings is 1. The van der Waals surface area contributed by atoms with E-state index in [1.807, 2.05) is 0 Å². The van der Waals surface area contributed by atoms with Crippen LogP contribution >= 0.6 is 0 Å². The van der Waals surface area contributed by atoms with Crippen molar-refractivity contribution in [2.24, 2.45) is 5.92 Å². The summed E-state index contributed by atoms with van der Waals surface area (Å²) in [6.45, 7) is 0.606. The molecule has 0 bridgehead atoms. The van der Waals surface area contributed by atoms with E-state index >= 15 is 0 Å². The van der Waals surface area contributed by atoms with Gasteiger partial charge < -0.3 is 25.2 Å². The van der Waals surface area contributed by atoms with Crippen molar-refractivity contribution in [2.75, 3.05) is 33.5 Å². The smallest absolute Gasteiger partial charge is 0.255 e. The van der Waals surface area contributed by atoms with E-state index in [0.29, 0.717) is 35.2 Å². The Hall–Kier alpha value is -1.95. The Balaban J connectivity index is 2.17. The molecule has 0 saturated heterocycles. The van der Waals surface area contributed by atoms with Gasteiger partial charge in [0.25, 0.3) is 5.91 Å². The van der Waals surface area contributed by atoms with Gasteiger partial charge in [0.15, 0.2) is 0 Å². The summed E-state index contributed by atoms with van der Waals surface area (Å²) in [5, 5.41) is 9.31. The molecule has 6 nitrogen and oxygen atoms in total. The Kier molecular flexibility index (Phi) is 4.57. The molecule has 0 unspecified atom stereocenters. The molecule has 0 aromatic heterocycles. The number of nitrogens with zero attached hydrogens (tertiary/aromatic N) is 1. The molecule has 6 heteroatoms. The largest absolute Gasteiger partial charge is 0.497 e. The molecule has 3 N–H and O–H groups in total. The maximum atomic E-state index is 12.5. The Morgan fingerprint density at radius 2 is 2.05 bits per heavy atom. The molecule has 21 heavy (non-hydrogen) atoms. The lowest BCUT2D eigenvalue weighted by atomic mass is 9.82. The third-order valence-corrected chi connectivity index (χ3v) is 3.89. The number of carbonyl (C=O) groups is 1. The molecule has 0 aliphatic heterocycles. The average molecular weight is 294 g/mol. The molecule has 116 valence electrons. The standard InChI is InChI=1S/C15H22N2O4/c1-17(8-9-4-10(18)5-9)15(19)12-6-11(20-2)7-13(21-3)14(12)16/h6-7,9-10,18H,4-5,8,16H2,1-3H3. The lowest BCUT2D eigenvalue weighted by Crippen LogP contribution is -2.39. The number of ether oxygens (including phenoxy) is 2. The summed E-state index contributed by atoms with van der Waals surface area (Å²) < 4.78 is 10.3. The molecule has 1 aliphatic carbocycles. The number of nitrogen functional groups attached to an aromatic ring is 1. The van der Waals surface area contributed by atoms with E-state index in [4.69, 9.17) is 15.2 Å². The summed E-state index contributed by atoms with van der Waals surface area (Å²) in [6.07, 6.45) is 1.27. The first-order valence-electron chi connectivity index (χ1n) is 6.91. The Morgan fingerprint density at radius 3 is 2.57 bits per heavy atom. The van der Waals surface area contributed by atoms with Crippen LogP contribution in [-0.4, -0.2) is 49.8 Å². The van der Waals surface area contributed by atoms with Crippen molar-refractivity contribution < 1.29 is 19.4 Å². The maximum Gasteiger partial charge on any atom is 0.255 e. The van der Waals surface area contributed by atoms with Crippen LogP contribution < -0.4 is 15.2 Å². The highest BCUT2D eigenvalue weighted by Gasteiger charge is 2.30. The van der Waals surface area contributed by atoms with Crippen molar-refractivity contribution in [3.63, 3.8) is 0 Å². The maximum absolute atomic E-state index is 12.5. The summed E-state index contributed by atoms with van der Waals surface area (Å²) >= 11 is 0. The van der Waals surface area contributed by atoms with Crippen molar-refractivity contribution in [1.82, 2.24) is 4.90 Å². The van der Waals surface area contributed by atoms with E-state index in [1.54, 1.807) is 24.1 Å². The van der Waals surface area contributed by atoms with Gasteiger partial charge in [0.1, 0.15) is 11.5 Å². The van der Waals surface area contributed by atoms with Crippen molar-refractivity contribution in [2.45, 2.75) is 18.9 Å². The van der Waals surface area contributed by atoms with Crippen LogP contribution in [0.4, 0.5) is 5.69 Å². The van der Waals surface area contributed by atoms with Crippen LogP contribution in [0.15, 0.2) is 12.1 Å². The normalized spacial score (nSPS) is 20.6. The molecular weight excluding hydrogens is 272 g/mol. The number of rotatable bonds is 5. The van der Waals surface area contributed by atoms with E-state index in [2.05, 4.69) is 0 Å². The fourth-order valence-corrected chi connectivity index (χ4v) is 2.59. The number of carbonyl (C=O) groups excluding carboxylic acids is 1. The zero-order chi connectivity index (χ0) is 15.6. The van der Waals surface area contributed by atoms with Crippen molar-refractivity contribution in [3.8, 4) is 11.5 Å². The fraction of sp³-hybridized carbons (Fsp3) is 0.533. The second-order valence-electron chi connectivity index (χ2n) is 5.47. The number of aliphatic hydroxyl groups excluding tert-OH is 1. The monoisotopic (exact) mass is 294 g/mol. The fourth-order valence-electron chi connectivity index (χ4n) is 2.59. The zero-order valence-corrected chi connectivity index (χ0v) is 12.6. The summed E-state index contributed by atoms with van der Waals surface area (Å²) in [7, 11) is 4.76. The van der Waals surface area contributed by atoms with Crippen LogP contribution in [0.25, 0.3) is 0 Å². The molecule has 1 aromatic rings. The van der Waals surface area contributed by atoms with Gasteiger partial charge in [-0.1, -0.05) is 0 Å². The minimum Gasteiger partial charge on any atom is -0.497 e. The van der Waals surface area contributed by atoms with Gasteiger partial charge in [-0.25, -0.2) is 0 Å². The first kappa shape index (κ1) is 15.4. The lowest BCUT2D eigenvalue weighted by molar-refractivity contribution is 0.0265. The first-order chi connectivity index (χ1) is 9.96. The molecule has 1 aliphatic rings. The van der Waals surface area contributed by atoms with Crippen LogP contribution in [0.1, 0.15) is 23.2 Å². The summed E-state index contributed by atoms with van der Waals surface area (Å²) in [5.41, 5.74) is 6.67. The number of aliphatic hydroxyl groups is 1. The number of hydrogen-bond acceptors (Lipinski definition) is 5. The Labute approximate surface area is 124 Å². The predicted octanol–water partition coefficient (Wildman–Crippen LogP) is 1.13.